The third-order valence-electron chi connectivity index (χ3n) is 3.37. The van der Waals surface area contributed by atoms with Gasteiger partial charge < -0.3 is 9.47 Å². The molecule has 2 aromatic rings. The molecule has 0 fully saturated rings. The molecule has 0 radical (unpaired) electrons. The molecule has 0 saturated carbocycles. The first kappa shape index (κ1) is 9.46. The Morgan fingerprint density at radius 2 is 1.94 bits per heavy atom. The summed E-state index contributed by atoms with van der Waals surface area (Å²) in [5.41, 5.74) is 4.88. The molecule has 0 saturated heterocycles. The van der Waals surface area contributed by atoms with E-state index in [1.54, 1.807) is 0 Å². The van der Waals surface area contributed by atoms with Gasteiger partial charge in [-0.15, -0.1) is 0 Å². The van der Waals surface area contributed by atoms with Crippen LogP contribution in [0.1, 0.15) is 11.4 Å². The lowest BCUT2D eigenvalue weighted by molar-refractivity contribution is 0.659. The molecule has 0 aliphatic carbocycles. The Labute approximate surface area is 95.3 Å². The number of fused-ring (bicyclic) bond motifs is 3. The minimum absolute atomic E-state index is 0.888. The van der Waals surface area contributed by atoms with Gasteiger partial charge in [0.05, 0.1) is 12.4 Å². The number of hydrogen-bond donors (Lipinski definition) is 0. The molecule has 82 valence electrons. The maximum Gasteiger partial charge on any atom is 0.144 e. The highest BCUT2D eigenvalue weighted by Crippen LogP contribution is 2.35. The summed E-state index contributed by atoms with van der Waals surface area (Å²) in [5, 5.41) is 0. The van der Waals surface area contributed by atoms with E-state index in [2.05, 4.69) is 59.6 Å². The zero-order valence-corrected chi connectivity index (χ0v) is 9.86. The number of para-hydroxylation sites is 1. The fourth-order valence-corrected chi connectivity index (χ4v) is 2.32. The number of imidazole rings is 1. The van der Waals surface area contributed by atoms with E-state index in [1.807, 2.05) is 0 Å². The maximum atomic E-state index is 4.66. The Morgan fingerprint density at radius 3 is 2.75 bits per heavy atom. The second-order valence-electron chi connectivity index (χ2n) is 4.39. The summed E-state index contributed by atoms with van der Waals surface area (Å²) in [7, 11) is 2.12. The number of aromatic nitrogens is 2. The summed E-state index contributed by atoms with van der Waals surface area (Å²) in [6, 6.07) is 8.44. The van der Waals surface area contributed by atoms with Gasteiger partial charge in [0.2, 0.25) is 0 Å². The molecule has 1 aromatic heterocycles. The lowest BCUT2D eigenvalue weighted by atomic mass is 10.1. The molecular formula is C13H15N3. The van der Waals surface area contributed by atoms with E-state index in [1.165, 1.54) is 16.9 Å². The largest absolute Gasteiger partial charge is 0.356 e. The summed E-state index contributed by atoms with van der Waals surface area (Å²) in [5.74, 6) is 1.10. The van der Waals surface area contributed by atoms with Crippen LogP contribution in [0.4, 0.5) is 5.69 Å². The predicted octanol–water partition coefficient (Wildman–Crippen LogP) is 2.57. The molecule has 3 nitrogen and oxygen atoms in total. The zero-order chi connectivity index (χ0) is 11.3. The van der Waals surface area contributed by atoms with Gasteiger partial charge in [-0.25, -0.2) is 4.98 Å². The number of anilines is 1. The van der Waals surface area contributed by atoms with Gasteiger partial charge in [0.1, 0.15) is 5.82 Å². The lowest BCUT2D eigenvalue weighted by Gasteiger charge is -2.29. The standard InChI is InChI=1S/C13H15N3/c1-9-10(2)16-8-15(3)12-7-5-4-6-11(12)13(16)14-9/h4-7H,8H2,1-3H3. The second-order valence-corrected chi connectivity index (χ2v) is 4.39. The van der Waals surface area contributed by atoms with Crippen LogP contribution in [-0.2, 0) is 6.67 Å². The Kier molecular flexibility index (Phi) is 1.84. The van der Waals surface area contributed by atoms with Crippen LogP contribution in [0.2, 0.25) is 0 Å². The van der Waals surface area contributed by atoms with Gasteiger partial charge in [-0.05, 0) is 26.0 Å². The molecule has 3 rings (SSSR count). The van der Waals surface area contributed by atoms with Crippen LogP contribution in [-0.4, -0.2) is 16.6 Å². The van der Waals surface area contributed by atoms with Gasteiger partial charge in [-0.1, -0.05) is 12.1 Å². The fraction of sp³-hybridized carbons (Fsp3) is 0.308. The number of hydrogen-bond acceptors (Lipinski definition) is 2. The van der Waals surface area contributed by atoms with Gasteiger partial charge in [0.25, 0.3) is 0 Å². The van der Waals surface area contributed by atoms with Gasteiger partial charge in [-0.2, -0.15) is 0 Å². The van der Waals surface area contributed by atoms with Gasteiger partial charge in [0.15, 0.2) is 0 Å². The van der Waals surface area contributed by atoms with Crippen molar-refractivity contribution in [2.75, 3.05) is 11.9 Å². The molecule has 0 amide bonds. The van der Waals surface area contributed by atoms with Gasteiger partial charge in [0, 0.05) is 24.0 Å². The van der Waals surface area contributed by atoms with E-state index in [0.717, 1.165) is 18.2 Å². The number of nitrogens with zero attached hydrogens (tertiary/aromatic N) is 3. The van der Waals surface area contributed by atoms with Gasteiger partial charge >= 0.3 is 0 Å². The number of aryl methyl sites for hydroxylation is 1. The number of benzene rings is 1. The van der Waals surface area contributed by atoms with Crippen LogP contribution in [0, 0.1) is 13.8 Å². The third kappa shape index (κ3) is 1.11. The Balaban J connectivity index is 2.32. The molecular weight excluding hydrogens is 198 g/mol. The normalized spacial score (nSPS) is 13.6. The molecule has 2 heterocycles. The van der Waals surface area contributed by atoms with Crippen molar-refractivity contribution >= 4 is 5.69 Å². The van der Waals surface area contributed by atoms with Crippen molar-refractivity contribution in [3.05, 3.63) is 35.7 Å². The molecule has 0 atom stereocenters. The van der Waals surface area contributed by atoms with E-state index in [9.17, 15) is 0 Å². The highest BCUT2D eigenvalue weighted by atomic mass is 15.3. The van der Waals surface area contributed by atoms with Crippen molar-refractivity contribution in [2.24, 2.45) is 0 Å². The quantitative estimate of drug-likeness (QED) is 0.670. The van der Waals surface area contributed by atoms with Crippen LogP contribution < -0.4 is 4.90 Å². The van der Waals surface area contributed by atoms with Gasteiger partial charge in [-0.3, -0.25) is 0 Å². The Morgan fingerprint density at radius 1 is 1.19 bits per heavy atom. The number of rotatable bonds is 0. The maximum absolute atomic E-state index is 4.66. The topological polar surface area (TPSA) is 21.1 Å². The molecule has 1 aromatic carbocycles. The first-order valence-electron chi connectivity index (χ1n) is 5.53. The molecule has 1 aliphatic rings. The first-order valence-corrected chi connectivity index (χ1v) is 5.53. The average molecular weight is 213 g/mol. The SMILES string of the molecule is Cc1nc2n(c1C)CN(C)c1ccccc1-2. The lowest BCUT2D eigenvalue weighted by Crippen LogP contribution is -2.27. The summed E-state index contributed by atoms with van der Waals surface area (Å²) in [6.07, 6.45) is 0. The van der Waals surface area contributed by atoms with E-state index < -0.39 is 0 Å². The molecule has 1 aliphatic heterocycles. The van der Waals surface area contributed by atoms with E-state index in [4.69, 9.17) is 0 Å². The molecule has 3 heteroatoms. The van der Waals surface area contributed by atoms with Crippen molar-refractivity contribution in [3.8, 4) is 11.4 Å². The third-order valence-corrected chi connectivity index (χ3v) is 3.37. The first-order chi connectivity index (χ1) is 7.68. The second kappa shape index (κ2) is 3.11. The monoisotopic (exact) mass is 213 g/mol. The fourth-order valence-electron chi connectivity index (χ4n) is 2.32. The summed E-state index contributed by atoms with van der Waals surface area (Å²) >= 11 is 0. The van der Waals surface area contributed by atoms with Crippen LogP contribution in [0.5, 0.6) is 0 Å². The predicted molar refractivity (Wildman–Crippen MR) is 65.5 cm³/mol. The van der Waals surface area contributed by atoms with Crippen molar-refractivity contribution in [1.29, 1.82) is 0 Å². The van der Waals surface area contributed by atoms with E-state index in [-0.39, 0.29) is 0 Å². The van der Waals surface area contributed by atoms with E-state index >= 15 is 0 Å². The molecule has 0 bridgehead atoms. The van der Waals surface area contributed by atoms with Crippen LogP contribution in [0.3, 0.4) is 0 Å². The molecule has 0 spiro atoms. The van der Waals surface area contributed by atoms with Crippen LogP contribution in [0.15, 0.2) is 24.3 Å². The summed E-state index contributed by atoms with van der Waals surface area (Å²) < 4.78 is 2.28. The van der Waals surface area contributed by atoms with Crippen LogP contribution >= 0.6 is 0 Å². The van der Waals surface area contributed by atoms with Crippen molar-refractivity contribution in [2.45, 2.75) is 20.5 Å². The van der Waals surface area contributed by atoms with Crippen LogP contribution in [0.25, 0.3) is 11.4 Å². The molecule has 0 N–H and O–H groups in total. The summed E-state index contributed by atoms with van der Waals surface area (Å²) in [6.45, 7) is 5.09. The minimum Gasteiger partial charge on any atom is -0.356 e. The molecule has 16 heavy (non-hydrogen) atoms. The van der Waals surface area contributed by atoms with E-state index in [0.29, 0.717) is 0 Å². The molecule has 0 unspecified atom stereocenters. The zero-order valence-electron chi connectivity index (χ0n) is 9.86. The summed E-state index contributed by atoms with van der Waals surface area (Å²) in [4.78, 5) is 6.92. The van der Waals surface area contributed by atoms with Crippen molar-refractivity contribution in [1.82, 2.24) is 9.55 Å². The Bertz CT molecular complexity index is 554. The minimum atomic E-state index is 0.888. The smallest absolute Gasteiger partial charge is 0.144 e. The Hall–Kier alpha value is -1.77. The average Bonchev–Trinajstić information content (AvgIpc) is 2.57. The highest BCUT2D eigenvalue weighted by Gasteiger charge is 2.22. The van der Waals surface area contributed by atoms with Crippen molar-refractivity contribution < 1.29 is 0 Å². The van der Waals surface area contributed by atoms with Crippen molar-refractivity contribution in [3.63, 3.8) is 0 Å². The highest BCUT2D eigenvalue weighted by molar-refractivity contribution is 5.76.